The Morgan fingerprint density at radius 3 is 2.50 bits per heavy atom. The lowest BCUT2D eigenvalue weighted by atomic mass is 9.74. The molecule has 0 radical (unpaired) electrons. The van der Waals surface area contributed by atoms with Crippen molar-refractivity contribution in [1.29, 1.82) is 0 Å². The van der Waals surface area contributed by atoms with Crippen LogP contribution in [0.4, 0.5) is 4.39 Å². The summed E-state index contributed by atoms with van der Waals surface area (Å²) in [4.78, 5) is 7.61. The lowest BCUT2D eigenvalue weighted by molar-refractivity contribution is 0.0530. The van der Waals surface area contributed by atoms with Gasteiger partial charge in [-0.3, -0.25) is 4.99 Å². The lowest BCUT2D eigenvalue weighted by Crippen LogP contribution is -2.43. The van der Waals surface area contributed by atoms with Crippen molar-refractivity contribution < 1.29 is 9.13 Å². The smallest absolute Gasteiger partial charge is 0.193 e. The van der Waals surface area contributed by atoms with Crippen molar-refractivity contribution in [3.05, 3.63) is 35.6 Å². The second-order valence-corrected chi connectivity index (χ2v) is 8.95. The molecule has 154 valence electrons. The number of guanidine groups is 1. The third-order valence-corrected chi connectivity index (χ3v) is 7.17. The molecule has 1 saturated carbocycles. The van der Waals surface area contributed by atoms with E-state index in [0.717, 1.165) is 58.2 Å². The Morgan fingerprint density at radius 2 is 1.82 bits per heavy atom. The highest BCUT2D eigenvalue weighted by Crippen LogP contribution is 2.45. The van der Waals surface area contributed by atoms with Gasteiger partial charge in [0.2, 0.25) is 0 Å². The van der Waals surface area contributed by atoms with E-state index in [-0.39, 0.29) is 11.2 Å². The lowest BCUT2D eigenvalue weighted by Gasteiger charge is -2.37. The summed E-state index contributed by atoms with van der Waals surface area (Å²) in [5.41, 5.74) is 1.66. The Balaban J connectivity index is 1.54. The summed E-state index contributed by atoms with van der Waals surface area (Å²) in [6.45, 7) is 7.50. The molecule has 1 aromatic rings. The van der Waals surface area contributed by atoms with E-state index in [9.17, 15) is 4.39 Å². The number of likely N-dealkylation sites (tertiary alicyclic amines) is 1. The Hall–Kier alpha value is -1.62. The standard InChI is InChI=1S/C23H34FN3O/c1-2-25-21(27-14-11-22(18-27)9-3-4-10-22)26-17-23(12-15-28-16-13-23)19-5-7-20(24)8-6-19/h5-8H,2-4,9-18H2,1H3,(H,25,26). The minimum atomic E-state index is -0.179. The summed E-state index contributed by atoms with van der Waals surface area (Å²) in [5.74, 6) is 0.876. The van der Waals surface area contributed by atoms with Gasteiger partial charge in [-0.05, 0) is 62.1 Å². The van der Waals surface area contributed by atoms with Crippen LogP contribution in [0.1, 0.15) is 57.4 Å². The van der Waals surface area contributed by atoms with Crippen LogP contribution < -0.4 is 5.32 Å². The third kappa shape index (κ3) is 4.05. The number of nitrogens with zero attached hydrogens (tertiary/aromatic N) is 2. The highest BCUT2D eigenvalue weighted by molar-refractivity contribution is 5.80. The van der Waals surface area contributed by atoms with Gasteiger partial charge in [-0.15, -0.1) is 0 Å². The normalized spacial score (nSPS) is 24.1. The van der Waals surface area contributed by atoms with Crippen molar-refractivity contribution in [2.75, 3.05) is 39.4 Å². The Bertz CT molecular complexity index is 676. The second kappa shape index (κ2) is 8.40. The third-order valence-electron chi connectivity index (χ3n) is 7.17. The molecule has 4 nitrogen and oxygen atoms in total. The van der Waals surface area contributed by atoms with E-state index >= 15 is 0 Å². The maximum atomic E-state index is 13.5. The predicted molar refractivity (Wildman–Crippen MR) is 111 cm³/mol. The highest BCUT2D eigenvalue weighted by Gasteiger charge is 2.41. The number of hydrogen-bond donors (Lipinski definition) is 1. The zero-order chi connectivity index (χ0) is 19.5. The van der Waals surface area contributed by atoms with Crippen LogP contribution in [0.2, 0.25) is 0 Å². The fraction of sp³-hybridized carbons (Fsp3) is 0.696. The van der Waals surface area contributed by atoms with Crippen LogP contribution in [0, 0.1) is 11.2 Å². The summed E-state index contributed by atoms with van der Waals surface area (Å²) >= 11 is 0. The fourth-order valence-corrected chi connectivity index (χ4v) is 5.40. The molecule has 0 unspecified atom stereocenters. The van der Waals surface area contributed by atoms with E-state index in [0.29, 0.717) is 5.41 Å². The quantitative estimate of drug-likeness (QED) is 0.624. The van der Waals surface area contributed by atoms with Crippen LogP contribution in [0.5, 0.6) is 0 Å². The minimum absolute atomic E-state index is 0.0581. The number of ether oxygens (including phenoxy) is 1. The Morgan fingerprint density at radius 1 is 1.11 bits per heavy atom. The predicted octanol–water partition coefficient (Wildman–Crippen LogP) is 4.11. The maximum Gasteiger partial charge on any atom is 0.193 e. The summed E-state index contributed by atoms with van der Waals surface area (Å²) in [6.07, 6.45) is 8.69. The minimum Gasteiger partial charge on any atom is -0.381 e. The number of nitrogens with one attached hydrogen (secondary N) is 1. The van der Waals surface area contributed by atoms with Crippen LogP contribution in [0.15, 0.2) is 29.3 Å². The first kappa shape index (κ1) is 19.7. The van der Waals surface area contributed by atoms with Crippen molar-refractivity contribution in [3.8, 4) is 0 Å². The largest absolute Gasteiger partial charge is 0.381 e. The van der Waals surface area contributed by atoms with Gasteiger partial charge in [-0.1, -0.05) is 25.0 Å². The SMILES string of the molecule is CCNC(=NCC1(c2ccc(F)cc2)CCOCC1)N1CCC2(CCCC2)C1. The van der Waals surface area contributed by atoms with Crippen molar-refractivity contribution in [2.24, 2.45) is 10.4 Å². The van der Waals surface area contributed by atoms with Crippen LogP contribution in [-0.2, 0) is 10.2 Å². The molecular weight excluding hydrogens is 353 g/mol. The molecule has 0 aromatic heterocycles. The van der Waals surface area contributed by atoms with Gasteiger partial charge in [0.25, 0.3) is 0 Å². The van der Waals surface area contributed by atoms with Crippen molar-refractivity contribution in [2.45, 2.75) is 57.3 Å². The van der Waals surface area contributed by atoms with Gasteiger partial charge in [0.15, 0.2) is 5.96 Å². The molecule has 4 rings (SSSR count). The van der Waals surface area contributed by atoms with Crippen molar-refractivity contribution in [1.82, 2.24) is 10.2 Å². The van der Waals surface area contributed by atoms with Crippen LogP contribution >= 0.6 is 0 Å². The number of hydrogen-bond acceptors (Lipinski definition) is 2. The number of halogens is 1. The molecule has 1 spiro atoms. The molecule has 0 atom stereocenters. The summed E-state index contributed by atoms with van der Waals surface area (Å²) in [6, 6.07) is 7.02. The zero-order valence-electron chi connectivity index (χ0n) is 17.2. The Labute approximate surface area is 168 Å². The van der Waals surface area contributed by atoms with Crippen LogP contribution in [0.25, 0.3) is 0 Å². The first-order chi connectivity index (χ1) is 13.6. The molecule has 28 heavy (non-hydrogen) atoms. The van der Waals surface area contributed by atoms with Gasteiger partial charge >= 0.3 is 0 Å². The summed E-state index contributed by atoms with van der Waals surface area (Å²) in [5, 5.41) is 3.53. The molecule has 5 heteroatoms. The van der Waals surface area contributed by atoms with Gasteiger partial charge < -0.3 is 15.0 Å². The van der Waals surface area contributed by atoms with Crippen molar-refractivity contribution >= 4 is 5.96 Å². The van der Waals surface area contributed by atoms with Gasteiger partial charge in [-0.2, -0.15) is 0 Å². The molecule has 1 aromatic carbocycles. The molecule has 2 aliphatic heterocycles. The highest BCUT2D eigenvalue weighted by atomic mass is 19.1. The van der Waals surface area contributed by atoms with Gasteiger partial charge in [-0.25, -0.2) is 4.39 Å². The van der Waals surface area contributed by atoms with E-state index in [2.05, 4.69) is 17.1 Å². The van der Waals surface area contributed by atoms with E-state index in [1.54, 1.807) is 12.1 Å². The van der Waals surface area contributed by atoms with E-state index < -0.39 is 0 Å². The molecule has 3 fully saturated rings. The first-order valence-corrected chi connectivity index (χ1v) is 11.0. The first-order valence-electron chi connectivity index (χ1n) is 11.0. The molecule has 1 aliphatic carbocycles. The van der Waals surface area contributed by atoms with Gasteiger partial charge in [0, 0.05) is 38.3 Å². The number of benzene rings is 1. The zero-order valence-corrected chi connectivity index (χ0v) is 17.2. The average Bonchev–Trinajstić information content (AvgIpc) is 3.36. The van der Waals surface area contributed by atoms with Gasteiger partial charge in [0.1, 0.15) is 5.82 Å². The topological polar surface area (TPSA) is 36.9 Å². The molecule has 0 amide bonds. The molecule has 2 heterocycles. The Kier molecular flexibility index (Phi) is 5.91. The van der Waals surface area contributed by atoms with Crippen molar-refractivity contribution in [3.63, 3.8) is 0 Å². The number of aliphatic imine (C=N–C) groups is 1. The fourth-order valence-electron chi connectivity index (χ4n) is 5.40. The molecule has 1 N–H and O–H groups in total. The molecule has 2 saturated heterocycles. The monoisotopic (exact) mass is 387 g/mol. The van der Waals surface area contributed by atoms with Gasteiger partial charge in [0.05, 0.1) is 6.54 Å². The number of rotatable bonds is 4. The van der Waals surface area contributed by atoms with E-state index in [1.807, 2.05) is 12.1 Å². The summed E-state index contributed by atoms with van der Waals surface area (Å²) < 4.78 is 19.1. The van der Waals surface area contributed by atoms with Crippen LogP contribution in [-0.4, -0.2) is 50.3 Å². The van der Waals surface area contributed by atoms with E-state index in [1.165, 1.54) is 37.7 Å². The second-order valence-electron chi connectivity index (χ2n) is 8.95. The van der Waals surface area contributed by atoms with Crippen LogP contribution in [0.3, 0.4) is 0 Å². The molecule has 3 aliphatic rings. The molecule has 0 bridgehead atoms. The molecular formula is C23H34FN3O. The summed E-state index contributed by atoms with van der Waals surface area (Å²) in [7, 11) is 0. The maximum absolute atomic E-state index is 13.5. The van der Waals surface area contributed by atoms with E-state index in [4.69, 9.17) is 9.73 Å². The average molecular weight is 388 g/mol.